The molecule has 144 valence electrons. The van der Waals surface area contributed by atoms with Gasteiger partial charge in [0.05, 0.1) is 23.6 Å². The quantitative estimate of drug-likeness (QED) is 0.839. The van der Waals surface area contributed by atoms with Crippen LogP contribution in [0.4, 0.5) is 14.5 Å². The molecule has 2 aliphatic rings. The maximum atomic E-state index is 15.0. The van der Waals surface area contributed by atoms with Gasteiger partial charge in [-0.3, -0.25) is 9.18 Å². The Balaban J connectivity index is 2.00. The number of carboxylic acids is 1. The van der Waals surface area contributed by atoms with Crippen molar-refractivity contribution in [2.45, 2.75) is 19.0 Å². The van der Waals surface area contributed by atoms with Crippen molar-refractivity contribution in [3.8, 4) is 5.75 Å². The van der Waals surface area contributed by atoms with E-state index in [-0.39, 0.29) is 42.6 Å². The number of aromatic nitrogens is 1. The summed E-state index contributed by atoms with van der Waals surface area (Å²) in [6, 6.07) is 0.364. The number of ether oxygens (including phenoxy) is 1. The number of anilines is 1. The highest BCUT2D eigenvalue weighted by Gasteiger charge is 2.36. The molecular formula is C18H19F2N3O4. The molecule has 1 aromatic carbocycles. The highest BCUT2D eigenvalue weighted by molar-refractivity contribution is 5.97. The van der Waals surface area contributed by atoms with E-state index in [1.165, 1.54) is 6.20 Å². The number of rotatable bonds is 3. The Labute approximate surface area is 152 Å². The second-order valence-electron chi connectivity index (χ2n) is 7.16. The van der Waals surface area contributed by atoms with Gasteiger partial charge in [0.25, 0.3) is 0 Å². The molecule has 0 bridgehead atoms. The van der Waals surface area contributed by atoms with Crippen LogP contribution in [0.1, 0.15) is 23.3 Å². The Morgan fingerprint density at radius 3 is 2.81 bits per heavy atom. The zero-order valence-corrected chi connectivity index (χ0v) is 14.6. The van der Waals surface area contributed by atoms with Crippen molar-refractivity contribution in [3.05, 3.63) is 33.9 Å². The number of halogens is 2. The number of nitrogens with two attached hydrogens (primary N) is 1. The standard InChI is InChI=1S/C18H19F2N3O4/c1-8-7-27-17-14-10(16(24)11(18(25)26)5-23(8)14)2-12(20)15(17)22-4-9(3-19)13(21)6-22/h2,5,8-9,13H,3-4,6-7,21H2,1H3,(H,25,26)/t8?,9-,13+/m1/s1. The molecule has 1 unspecified atom stereocenters. The van der Waals surface area contributed by atoms with Gasteiger partial charge in [0.2, 0.25) is 5.43 Å². The largest absolute Gasteiger partial charge is 0.487 e. The number of aromatic carboxylic acids is 1. The van der Waals surface area contributed by atoms with Gasteiger partial charge in [0.15, 0.2) is 11.6 Å². The summed E-state index contributed by atoms with van der Waals surface area (Å²) >= 11 is 0. The number of nitrogens with zero attached hydrogens (tertiary/aromatic N) is 2. The lowest BCUT2D eigenvalue weighted by atomic mass is 10.1. The molecule has 1 fully saturated rings. The van der Waals surface area contributed by atoms with Gasteiger partial charge >= 0.3 is 5.97 Å². The van der Waals surface area contributed by atoms with E-state index in [4.69, 9.17) is 10.5 Å². The molecule has 27 heavy (non-hydrogen) atoms. The van der Waals surface area contributed by atoms with Crippen molar-refractivity contribution in [1.82, 2.24) is 4.57 Å². The van der Waals surface area contributed by atoms with E-state index in [2.05, 4.69) is 0 Å². The SMILES string of the molecule is CC1COc2c(N3C[C@@H](CF)[C@@H](N)C3)c(F)cc3c(=O)c(C(=O)O)cn1c23. The van der Waals surface area contributed by atoms with Crippen molar-refractivity contribution in [3.63, 3.8) is 0 Å². The van der Waals surface area contributed by atoms with Crippen LogP contribution in [0.25, 0.3) is 10.9 Å². The van der Waals surface area contributed by atoms with Crippen molar-refractivity contribution in [2.24, 2.45) is 11.7 Å². The molecule has 1 saturated heterocycles. The maximum absolute atomic E-state index is 15.0. The van der Waals surface area contributed by atoms with E-state index >= 15 is 0 Å². The second kappa shape index (κ2) is 6.19. The lowest BCUT2D eigenvalue weighted by Gasteiger charge is -2.31. The van der Waals surface area contributed by atoms with Crippen LogP contribution in [-0.2, 0) is 0 Å². The highest BCUT2D eigenvalue weighted by atomic mass is 19.1. The summed E-state index contributed by atoms with van der Waals surface area (Å²) in [5.41, 5.74) is 5.24. The molecule has 0 saturated carbocycles. The normalized spacial score (nSPS) is 24.3. The van der Waals surface area contributed by atoms with E-state index in [9.17, 15) is 23.5 Å². The van der Waals surface area contributed by atoms with Gasteiger partial charge in [-0.2, -0.15) is 0 Å². The van der Waals surface area contributed by atoms with Gasteiger partial charge < -0.3 is 25.0 Å². The first-order valence-corrected chi connectivity index (χ1v) is 8.67. The number of carboxylic acid groups (broad SMARTS) is 1. The molecule has 9 heteroatoms. The molecule has 0 radical (unpaired) electrons. The molecule has 4 rings (SSSR count). The Kier molecular flexibility index (Phi) is 4.06. The number of hydrogen-bond donors (Lipinski definition) is 2. The zero-order chi connectivity index (χ0) is 19.5. The van der Waals surface area contributed by atoms with Gasteiger partial charge in [-0.05, 0) is 13.0 Å². The first-order valence-electron chi connectivity index (χ1n) is 8.67. The summed E-state index contributed by atoms with van der Waals surface area (Å²) in [6.07, 6.45) is 1.27. The van der Waals surface area contributed by atoms with Crippen LogP contribution >= 0.6 is 0 Å². The van der Waals surface area contributed by atoms with E-state index in [0.29, 0.717) is 5.52 Å². The van der Waals surface area contributed by atoms with Gasteiger partial charge in [0, 0.05) is 31.2 Å². The fraction of sp³-hybridized carbons (Fsp3) is 0.444. The van der Waals surface area contributed by atoms with Gasteiger partial charge in [-0.25, -0.2) is 9.18 Å². The number of carbonyl (C=O) groups is 1. The zero-order valence-electron chi connectivity index (χ0n) is 14.6. The molecule has 0 spiro atoms. The molecule has 3 atom stereocenters. The Bertz CT molecular complexity index is 1010. The smallest absolute Gasteiger partial charge is 0.341 e. The third-order valence-corrected chi connectivity index (χ3v) is 5.38. The van der Waals surface area contributed by atoms with E-state index < -0.39 is 41.4 Å². The molecule has 2 aliphatic heterocycles. The molecule has 7 nitrogen and oxygen atoms in total. The summed E-state index contributed by atoms with van der Waals surface area (Å²) in [6.45, 7) is 1.90. The highest BCUT2D eigenvalue weighted by Crippen LogP contribution is 2.43. The lowest BCUT2D eigenvalue weighted by molar-refractivity contribution is 0.0694. The van der Waals surface area contributed by atoms with Gasteiger partial charge in [-0.15, -0.1) is 0 Å². The Hall–Kier alpha value is -2.68. The molecule has 2 aromatic rings. The lowest BCUT2D eigenvalue weighted by Crippen LogP contribution is -2.31. The predicted octanol–water partition coefficient (Wildman–Crippen LogP) is 1.53. The van der Waals surface area contributed by atoms with E-state index in [1.807, 2.05) is 6.92 Å². The van der Waals surface area contributed by atoms with Gasteiger partial charge in [-0.1, -0.05) is 0 Å². The van der Waals surface area contributed by atoms with Crippen molar-refractivity contribution in [1.29, 1.82) is 0 Å². The fourth-order valence-corrected chi connectivity index (χ4v) is 3.90. The van der Waals surface area contributed by atoms with Crippen LogP contribution in [0.2, 0.25) is 0 Å². The minimum absolute atomic E-state index is 0.0526. The molecule has 0 amide bonds. The minimum atomic E-state index is -1.37. The van der Waals surface area contributed by atoms with Crippen LogP contribution in [0.3, 0.4) is 0 Å². The summed E-state index contributed by atoms with van der Waals surface area (Å²) in [4.78, 5) is 25.6. The van der Waals surface area contributed by atoms with E-state index in [1.54, 1.807) is 9.47 Å². The third kappa shape index (κ3) is 2.56. The first-order chi connectivity index (χ1) is 12.8. The average molecular weight is 379 g/mol. The average Bonchev–Trinajstić information content (AvgIpc) is 2.99. The maximum Gasteiger partial charge on any atom is 0.341 e. The monoisotopic (exact) mass is 379 g/mol. The van der Waals surface area contributed by atoms with Crippen molar-refractivity contribution >= 4 is 22.6 Å². The van der Waals surface area contributed by atoms with Crippen molar-refractivity contribution in [2.75, 3.05) is 31.3 Å². The molecule has 1 aromatic heterocycles. The molecular weight excluding hydrogens is 360 g/mol. The summed E-state index contributed by atoms with van der Waals surface area (Å²) in [7, 11) is 0. The van der Waals surface area contributed by atoms with Crippen LogP contribution < -0.4 is 20.8 Å². The van der Waals surface area contributed by atoms with Crippen LogP contribution in [0.5, 0.6) is 5.75 Å². The Morgan fingerprint density at radius 1 is 1.44 bits per heavy atom. The summed E-state index contributed by atoms with van der Waals surface area (Å²) in [5, 5.41) is 9.25. The molecule has 0 aliphatic carbocycles. The fourth-order valence-electron chi connectivity index (χ4n) is 3.90. The number of alkyl halides is 1. The molecule has 3 N–H and O–H groups in total. The number of pyridine rings is 1. The first kappa shape index (κ1) is 17.7. The molecule has 3 heterocycles. The van der Waals surface area contributed by atoms with E-state index in [0.717, 1.165) is 6.07 Å². The second-order valence-corrected chi connectivity index (χ2v) is 7.16. The van der Waals surface area contributed by atoms with Crippen LogP contribution in [-0.4, -0.2) is 48.1 Å². The summed E-state index contributed by atoms with van der Waals surface area (Å²) < 4.78 is 35.5. The topological polar surface area (TPSA) is 97.8 Å². The van der Waals surface area contributed by atoms with Crippen LogP contribution in [0.15, 0.2) is 17.1 Å². The number of hydrogen-bond acceptors (Lipinski definition) is 5. The predicted molar refractivity (Wildman–Crippen MR) is 95.0 cm³/mol. The summed E-state index contributed by atoms with van der Waals surface area (Å²) in [5.74, 6) is -2.33. The minimum Gasteiger partial charge on any atom is -0.487 e. The Morgan fingerprint density at radius 2 is 2.19 bits per heavy atom. The van der Waals surface area contributed by atoms with Crippen molar-refractivity contribution < 1.29 is 23.4 Å². The number of benzene rings is 1. The van der Waals surface area contributed by atoms with Gasteiger partial charge in [0.1, 0.15) is 17.9 Å². The van der Waals surface area contributed by atoms with Crippen LogP contribution in [0, 0.1) is 11.7 Å². The third-order valence-electron chi connectivity index (χ3n) is 5.38.